The average Bonchev–Trinajstić information content (AvgIpc) is 2.56. The van der Waals surface area contributed by atoms with Gasteiger partial charge < -0.3 is 14.8 Å². The number of hydrogen-bond acceptors (Lipinski definition) is 5. The highest BCUT2D eigenvalue weighted by Gasteiger charge is 2.15. The number of ether oxygens (including phenoxy) is 2. The van der Waals surface area contributed by atoms with Crippen LogP contribution in [0.15, 0.2) is 36.4 Å². The third kappa shape index (κ3) is 3.43. The zero-order valence-electron chi connectivity index (χ0n) is 12.5. The van der Waals surface area contributed by atoms with E-state index in [-0.39, 0.29) is 17.8 Å². The third-order valence-electron chi connectivity index (χ3n) is 3.41. The molecule has 0 radical (unpaired) electrons. The first-order valence-electron chi connectivity index (χ1n) is 7.15. The normalized spacial score (nSPS) is 12.5. The summed E-state index contributed by atoms with van der Waals surface area (Å²) in [5.74, 6) is -0.0783. The number of non-ortho nitro benzene ring substituents is 1. The predicted octanol–water partition coefficient (Wildman–Crippen LogP) is 2.69. The molecule has 0 saturated carbocycles. The van der Waals surface area contributed by atoms with Crippen molar-refractivity contribution in [2.24, 2.45) is 0 Å². The van der Waals surface area contributed by atoms with Crippen molar-refractivity contribution in [3.63, 3.8) is 0 Å². The number of carbonyl (C=O) groups is 1. The highest BCUT2D eigenvalue weighted by molar-refractivity contribution is 5.92. The molecule has 0 spiro atoms. The molecular weight excluding hydrogens is 319 g/mol. The summed E-state index contributed by atoms with van der Waals surface area (Å²) in [5, 5.41) is 13.1. The van der Waals surface area contributed by atoms with E-state index in [1.807, 2.05) is 0 Å². The van der Waals surface area contributed by atoms with E-state index in [9.17, 15) is 19.3 Å². The second-order valence-electron chi connectivity index (χ2n) is 5.12. The Balaban J connectivity index is 1.72. The zero-order valence-corrected chi connectivity index (χ0v) is 12.5. The number of rotatable bonds is 4. The van der Waals surface area contributed by atoms with Crippen LogP contribution in [0.4, 0.5) is 15.8 Å². The minimum atomic E-state index is -0.740. The summed E-state index contributed by atoms with van der Waals surface area (Å²) in [6.45, 7) is 0.903. The Morgan fingerprint density at radius 1 is 1.17 bits per heavy atom. The lowest BCUT2D eigenvalue weighted by Gasteiger charge is -2.18. The van der Waals surface area contributed by atoms with Crippen LogP contribution in [0, 0.1) is 15.9 Å². The fraction of sp³-hybridized carbons (Fsp3) is 0.188. The van der Waals surface area contributed by atoms with Gasteiger partial charge in [-0.2, -0.15) is 0 Å². The van der Waals surface area contributed by atoms with Crippen molar-refractivity contribution >= 4 is 17.3 Å². The first-order chi connectivity index (χ1) is 11.5. The van der Waals surface area contributed by atoms with Gasteiger partial charge in [-0.05, 0) is 23.8 Å². The summed E-state index contributed by atoms with van der Waals surface area (Å²) >= 11 is 0. The summed E-state index contributed by atoms with van der Waals surface area (Å²) in [6.07, 6.45) is -0.0290. The number of carbonyl (C=O) groups excluding carboxylic acids is 1. The van der Waals surface area contributed by atoms with Gasteiger partial charge in [-0.25, -0.2) is 4.39 Å². The van der Waals surface area contributed by atoms with Crippen LogP contribution in [0.2, 0.25) is 0 Å². The van der Waals surface area contributed by atoms with Gasteiger partial charge in [0.15, 0.2) is 11.5 Å². The highest BCUT2D eigenvalue weighted by Crippen LogP contribution is 2.31. The van der Waals surface area contributed by atoms with Gasteiger partial charge in [-0.1, -0.05) is 6.07 Å². The number of halogens is 1. The SMILES string of the molecule is O=C(Cc1ccc2c(c1)OCCO2)Nc1cc([N+](=O)[O-])ccc1F. The molecule has 7 nitrogen and oxygen atoms in total. The molecule has 1 aliphatic rings. The lowest BCUT2D eigenvalue weighted by molar-refractivity contribution is -0.384. The van der Waals surface area contributed by atoms with E-state index in [2.05, 4.69) is 5.32 Å². The smallest absolute Gasteiger partial charge is 0.271 e. The molecule has 1 N–H and O–H groups in total. The van der Waals surface area contributed by atoms with Crippen molar-refractivity contribution in [2.45, 2.75) is 6.42 Å². The number of nitro benzene ring substituents is 1. The predicted molar refractivity (Wildman–Crippen MR) is 82.8 cm³/mol. The molecule has 24 heavy (non-hydrogen) atoms. The van der Waals surface area contributed by atoms with Crippen LogP contribution < -0.4 is 14.8 Å². The van der Waals surface area contributed by atoms with Crippen molar-refractivity contribution in [3.05, 3.63) is 57.9 Å². The summed E-state index contributed by atoms with van der Waals surface area (Å²) in [5.41, 5.74) is 0.125. The number of fused-ring (bicyclic) bond motifs is 1. The van der Waals surface area contributed by atoms with Gasteiger partial charge in [0.25, 0.3) is 5.69 Å². The Bertz CT molecular complexity index is 809. The average molecular weight is 332 g/mol. The van der Waals surface area contributed by atoms with Crippen molar-refractivity contribution in [1.29, 1.82) is 0 Å². The summed E-state index contributed by atoms with van der Waals surface area (Å²) in [7, 11) is 0. The highest BCUT2D eigenvalue weighted by atomic mass is 19.1. The van der Waals surface area contributed by atoms with Gasteiger partial charge in [0.05, 0.1) is 17.0 Å². The molecule has 1 amide bonds. The Morgan fingerprint density at radius 2 is 1.92 bits per heavy atom. The molecule has 1 aliphatic heterocycles. The lowest BCUT2D eigenvalue weighted by Crippen LogP contribution is -2.17. The molecule has 0 saturated heterocycles. The fourth-order valence-electron chi connectivity index (χ4n) is 2.30. The fourth-order valence-corrected chi connectivity index (χ4v) is 2.30. The van der Waals surface area contributed by atoms with Gasteiger partial charge >= 0.3 is 0 Å². The molecule has 124 valence electrons. The maximum Gasteiger partial charge on any atom is 0.271 e. The van der Waals surface area contributed by atoms with Crippen molar-refractivity contribution in [2.75, 3.05) is 18.5 Å². The number of anilines is 1. The number of nitrogens with zero attached hydrogens (tertiary/aromatic N) is 1. The van der Waals surface area contributed by atoms with Crippen molar-refractivity contribution in [1.82, 2.24) is 0 Å². The van der Waals surface area contributed by atoms with Crippen LogP contribution in [0.25, 0.3) is 0 Å². The molecule has 1 heterocycles. The standard InChI is InChI=1S/C16H13FN2O5/c17-12-3-2-11(19(21)22)9-13(12)18-16(20)8-10-1-4-14-15(7-10)24-6-5-23-14/h1-4,7,9H,5-6,8H2,(H,18,20). The number of hydrogen-bond donors (Lipinski definition) is 1. The monoisotopic (exact) mass is 332 g/mol. The van der Waals surface area contributed by atoms with E-state index in [0.717, 1.165) is 18.2 Å². The van der Waals surface area contributed by atoms with Crippen LogP contribution in [0.3, 0.4) is 0 Å². The van der Waals surface area contributed by atoms with E-state index in [0.29, 0.717) is 30.3 Å². The second kappa shape index (κ2) is 6.53. The molecule has 0 fully saturated rings. The summed E-state index contributed by atoms with van der Waals surface area (Å²) < 4.78 is 24.5. The van der Waals surface area contributed by atoms with Crippen molar-refractivity contribution < 1.29 is 23.6 Å². The Kier molecular flexibility index (Phi) is 4.28. The minimum absolute atomic E-state index is 0.0290. The van der Waals surface area contributed by atoms with E-state index in [1.165, 1.54) is 0 Å². The van der Waals surface area contributed by atoms with E-state index in [1.54, 1.807) is 18.2 Å². The molecule has 0 bridgehead atoms. The summed E-state index contributed by atoms with van der Waals surface area (Å²) in [4.78, 5) is 22.1. The summed E-state index contributed by atoms with van der Waals surface area (Å²) in [6, 6.07) is 8.04. The maximum absolute atomic E-state index is 13.7. The van der Waals surface area contributed by atoms with E-state index < -0.39 is 16.6 Å². The number of nitro groups is 1. The molecular formula is C16H13FN2O5. The zero-order chi connectivity index (χ0) is 17.1. The molecule has 2 aromatic rings. The Hall–Kier alpha value is -3.16. The minimum Gasteiger partial charge on any atom is -0.486 e. The van der Waals surface area contributed by atoms with Crippen LogP contribution in [0.1, 0.15) is 5.56 Å². The van der Waals surface area contributed by atoms with Crippen LogP contribution in [0.5, 0.6) is 11.5 Å². The van der Waals surface area contributed by atoms with Gasteiger partial charge in [0.2, 0.25) is 5.91 Å². The molecule has 0 atom stereocenters. The van der Waals surface area contributed by atoms with E-state index >= 15 is 0 Å². The molecule has 0 aromatic heterocycles. The number of amides is 1. The molecule has 0 unspecified atom stereocenters. The van der Waals surface area contributed by atoms with E-state index in [4.69, 9.17) is 9.47 Å². The molecule has 3 rings (SSSR count). The number of benzene rings is 2. The van der Waals surface area contributed by atoms with Crippen LogP contribution in [-0.4, -0.2) is 24.0 Å². The molecule has 2 aromatic carbocycles. The van der Waals surface area contributed by atoms with Crippen molar-refractivity contribution in [3.8, 4) is 11.5 Å². The second-order valence-corrected chi connectivity index (χ2v) is 5.12. The number of nitrogens with one attached hydrogen (secondary N) is 1. The Morgan fingerprint density at radius 3 is 2.67 bits per heavy atom. The van der Waals surface area contributed by atoms with Crippen LogP contribution in [-0.2, 0) is 11.2 Å². The van der Waals surface area contributed by atoms with Gasteiger partial charge in [0, 0.05) is 12.1 Å². The first kappa shape index (κ1) is 15.7. The molecule has 8 heteroatoms. The third-order valence-corrected chi connectivity index (χ3v) is 3.41. The lowest BCUT2D eigenvalue weighted by atomic mass is 10.1. The van der Waals surface area contributed by atoms with Crippen LogP contribution >= 0.6 is 0 Å². The largest absolute Gasteiger partial charge is 0.486 e. The first-order valence-corrected chi connectivity index (χ1v) is 7.15. The van der Waals surface area contributed by atoms with Gasteiger partial charge in [-0.15, -0.1) is 0 Å². The maximum atomic E-state index is 13.7. The topological polar surface area (TPSA) is 90.7 Å². The van der Waals surface area contributed by atoms with Gasteiger partial charge in [-0.3, -0.25) is 14.9 Å². The quantitative estimate of drug-likeness (QED) is 0.686. The van der Waals surface area contributed by atoms with Gasteiger partial charge in [0.1, 0.15) is 19.0 Å². The molecule has 0 aliphatic carbocycles. The Labute approximate surface area is 136 Å².